The molecule has 0 spiro atoms. The minimum absolute atomic E-state index is 0.474. The van der Waals surface area contributed by atoms with Gasteiger partial charge in [0.15, 0.2) is 0 Å². The average molecular weight is 248 g/mol. The molecule has 1 aliphatic heterocycles. The Kier molecular flexibility index (Phi) is 4.76. The molecule has 0 aromatic carbocycles. The highest BCUT2D eigenvalue weighted by atomic mass is 32.2. The molecule has 0 aromatic heterocycles. The fraction of sp³-hybridized carbons (Fsp3) is 1.00. The van der Waals surface area contributed by atoms with Crippen LogP contribution in [0.1, 0.15) is 33.6 Å². The van der Waals surface area contributed by atoms with Crippen LogP contribution in [0.25, 0.3) is 0 Å². The summed E-state index contributed by atoms with van der Waals surface area (Å²) in [6.45, 7) is 7.83. The van der Waals surface area contributed by atoms with Gasteiger partial charge in [-0.2, -0.15) is 0 Å². The highest BCUT2D eigenvalue weighted by Gasteiger charge is 2.27. The third-order valence-corrected chi connectivity index (χ3v) is 4.57. The van der Waals surface area contributed by atoms with Crippen LogP contribution in [0.2, 0.25) is 0 Å². The Morgan fingerprint density at radius 3 is 2.06 bits per heavy atom. The summed E-state index contributed by atoms with van der Waals surface area (Å²) in [6.07, 6.45) is 3.23. The normalized spacial score (nSPS) is 22.6. The van der Waals surface area contributed by atoms with Gasteiger partial charge in [-0.05, 0) is 25.7 Å². The summed E-state index contributed by atoms with van der Waals surface area (Å²) < 4.78 is 24.3. The van der Waals surface area contributed by atoms with Crippen molar-refractivity contribution in [1.82, 2.24) is 9.62 Å². The molecule has 0 amide bonds. The third kappa shape index (κ3) is 4.03. The van der Waals surface area contributed by atoms with Crippen molar-refractivity contribution in [3.8, 4) is 0 Å². The smallest absolute Gasteiger partial charge is 0.211 e. The largest absolute Gasteiger partial charge is 0.312 e. The van der Waals surface area contributed by atoms with Crippen LogP contribution >= 0.6 is 0 Å². The predicted molar refractivity (Wildman–Crippen MR) is 66.9 cm³/mol. The number of nitrogens with one attached hydrogen (secondary N) is 1. The van der Waals surface area contributed by atoms with Gasteiger partial charge in [0.05, 0.1) is 6.26 Å². The Balaban J connectivity index is 2.43. The van der Waals surface area contributed by atoms with E-state index >= 15 is 0 Å². The fourth-order valence-corrected chi connectivity index (χ4v) is 3.24. The van der Waals surface area contributed by atoms with Crippen LogP contribution in [0.5, 0.6) is 0 Å². The van der Waals surface area contributed by atoms with E-state index in [1.807, 2.05) is 0 Å². The van der Waals surface area contributed by atoms with Gasteiger partial charge >= 0.3 is 0 Å². The number of sulfonamides is 1. The van der Waals surface area contributed by atoms with Crippen molar-refractivity contribution < 1.29 is 8.42 Å². The van der Waals surface area contributed by atoms with E-state index in [-0.39, 0.29) is 0 Å². The quantitative estimate of drug-likeness (QED) is 0.809. The van der Waals surface area contributed by atoms with Crippen molar-refractivity contribution in [2.75, 3.05) is 19.3 Å². The second kappa shape index (κ2) is 5.47. The van der Waals surface area contributed by atoms with Crippen LogP contribution in [0.3, 0.4) is 0 Å². The van der Waals surface area contributed by atoms with E-state index in [0.717, 1.165) is 12.8 Å². The molecule has 1 aliphatic rings. The van der Waals surface area contributed by atoms with Gasteiger partial charge < -0.3 is 5.32 Å². The predicted octanol–water partition coefficient (Wildman–Crippen LogP) is 1.04. The van der Waals surface area contributed by atoms with Crippen LogP contribution in [-0.2, 0) is 10.0 Å². The molecule has 1 N–H and O–H groups in total. The maximum Gasteiger partial charge on any atom is 0.211 e. The van der Waals surface area contributed by atoms with E-state index in [4.69, 9.17) is 0 Å². The number of hydrogen-bond donors (Lipinski definition) is 1. The molecule has 1 heterocycles. The van der Waals surface area contributed by atoms with E-state index in [0.29, 0.717) is 31.1 Å². The zero-order valence-corrected chi connectivity index (χ0v) is 11.5. The first-order chi connectivity index (χ1) is 7.30. The molecule has 16 heavy (non-hydrogen) atoms. The summed E-state index contributed by atoms with van der Waals surface area (Å²) in [5, 5.41) is 3.50. The summed E-state index contributed by atoms with van der Waals surface area (Å²) in [5.74, 6) is 0.598. The number of piperidine rings is 1. The highest BCUT2D eigenvalue weighted by molar-refractivity contribution is 7.88. The summed E-state index contributed by atoms with van der Waals surface area (Å²) >= 11 is 0. The summed E-state index contributed by atoms with van der Waals surface area (Å²) in [5.41, 5.74) is 0. The number of hydrogen-bond acceptors (Lipinski definition) is 3. The molecule has 1 unspecified atom stereocenters. The molecule has 5 heteroatoms. The summed E-state index contributed by atoms with van der Waals surface area (Å²) in [7, 11) is -2.99. The molecule has 0 radical (unpaired) electrons. The molecule has 1 fully saturated rings. The second-order valence-electron chi connectivity index (χ2n) is 5.11. The topological polar surface area (TPSA) is 49.4 Å². The lowest BCUT2D eigenvalue weighted by Gasteiger charge is -2.34. The molecular formula is C11H24N2O2S. The van der Waals surface area contributed by atoms with Crippen molar-refractivity contribution in [3.63, 3.8) is 0 Å². The molecule has 1 rings (SSSR count). The molecule has 0 aromatic rings. The Morgan fingerprint density at radius 2 is 1.69 bits per heavy atom. The van der Waals surface area contributed by atoms with Crippen molar-refractivity contribution in [1.29, 1.82) is 0 Å². The van der Waals surface area contributed by atoms with Gasteiger partial charge in [0.1, 0.15) is 0 Å². The monoisotopic (exact) mass is 248 g/mol. The molecule has 4 nitrogen and oxygen atoms in total. The molecule has 0 bridgehead atoms. The Bertz CT molecular complexity index is 306. The first-order valence-electron chi connectivity index (χ1n) is 6.02. The highest BCUT2D eigenvalue weighted by Crippen LogP contribution is 2.22. The van der Waals surface area contributed by atoms with Crippen LogP contribution in [0, 0.1) is 5.92 Å². The molecule has 0 saturated carbocycles. The van der Waals surface area contributed by atoms with Crippen molar-refractivity contribution in [2.45, 2.75) is 45.7 Å². The van der Waals surface area contributed by atoms with E-state index in [9.17, 15) is 8.42 Å². The lowest BCUT2D eigenvalue weighted by molar-refractivity contribution is 0.226. The SMILES string of the molecule is CC(C)NC(C)C1CCN(S(C)(=O)=O)CC1. The lowest BCUT2D eigenvalue weighted by Crippen LogP contribution is -2.45. The maximum absolute atomic E-state index is 11.4. The summed E-state index contributed by atoms with van der Waals surface area (Å²) in [6, 6.07) is 0.963. The van der Waals surface area contributed by atoms with E-state index in [2.05, 4.69) is 26.1 Å². The second-order valence-corrected chi connectivity index (χ2v) is 7.09. The number of rotatable bonds is 4. The molecule has 1 saturated heterocycles. The van der Waals surface area contributed by atoms with Gasteiger partial charge in [0, 0.05) is 25.2 Å². The summed E-state index contributed by atoms with van der Waals surface area (Å²) in [4.78, 5) is 0. The third-order valence-electron chi connectivity index (χ3n) is 3.27. The lowest BCUT2D eigenvalue weighted by atomic mass is 9.91. The molecule has 96 valence electrons. The maximum atomic E-state index is 11.4. The van der Waals surface area contributed by atoms with Gasteiger partial charge in [-0.3, -0.25) is 0 Å². The minimum Gasteiger partial charge on any atom is -0.312 e. The molecular weight excluding hydrogens is 224 g/mol. The number of nitrogens with zero attached hydrogens (tertiary/aromatic N) is 1. The zero-order chi connectivity index (χ0) is 12.3. The first-order valence-corrected chi connectivity index (χ1v) is 7.86. The van der Waals surface area contributed by atoms with Crippen molar-refractivity contribution >= 4 is 10.0 Å². The fourth-order valence-electron chi connectivity index (χ4n) is 2.37. The Labute approximate surface area is 99.5 Å². The van der Waals surface area contributed by atoms with Crippen LogP contribution in [0.15, 0.2) is 0 Å². The van der Waals surface area contributed by atoms with E-state index in [1.165, 1.54) is 6.26 Å². The van der Waals surface area contributed by atoms with Gasteiger partial charge in [-0.15, -0.1) is 0 Å². The van der Waals surface area contributed by atoms with Crippen molar-refractivity contribution in [3.05, 3.63) is 0 Å². The van der Waals surface area contributed by atoms with Crippen LogP contribution in [0.4, 0.5) is 0 Å². The van der Waals surface area contributed by atoms with Gasteiger partial charge in [0.25, 0.3) is 0 Å². The average Bonchev–Trinajstić information content (AvgIpc) is 2.15. The molecule has 1 atom stereocenters. The van der Waals surface area contributed by atoms with E-state index < -0.39 is 10.0 Å². The molecule has 0 aliphatic carbocycles. The van der Waals surface area contributed by atoms with E-state index in [1.54, 1.807) is 4.31 Å². The van der Waals surface area contributed by atoms with Crippen LogP contribution in [-0.4, -0.2) is 44.2 Å². The standard InChI is InChI=1S/C11H24N2O2S/c1-9(2)12-10(3)11-5-7-13(8-6-11)16(4,14)15/h9-12H,5-8H2,1-4H3. The zero-order valence-electron chi connectivity index (χ0n) is 10.7. The van der Waals surface area contributed by atoms with Gasteiger partial charge in [-0.25, -0.2) is 12.7 Å². The van der Waals surface area contributed by atoms with Crippen molar-refractivity contribution in [2.24, 2.45) is 5.92 Å². The van der Waals surface area contributed by atoms with Gasteiger partial charge in [0.2, 0.25) is 10.0 Å². The Morgan fingerprint density at radius 1 is 1.19 bits per heavy atom. The first kappa shape index (κ1) is 13.9. The Hall–Kier alpha value is -0.130. The van der Waals surface area contributed by atoms with Gasteiger partial charge in [-0.1, -0.05) is 13.8 Å². The van der Waals surface area contributed by atoms with Crippen LogP contribution < -0.4 is 5.32 Å². The minimum atomic E-state index is -2.99.